The van der Waals surface area contributed by atoms with Gasteiger partial charge < -0.3 is 5.11 Å². The standard InChI is InChI=1S/C10H14N4OS2/c1-6-5-7-8(16-4-2-3-15)12-10(14-11)13-9(7)17-6/h5,15H,2-4,11H2,1H3,(H,12,13,14). The van der Waals surface area contributed by atoms with Crippen molar-refractivity contribution in [3.05, 3.63) is 10.9 Å². The summed E-state index contributed by atoms with van der Waals surface area (Å²) in [5, 5.41) is 10.8. The maximum Gasteiger partial charge on any atom is 0.239 e. The zero-order valence-electron chi connectivity index (χ0n) is 9.43. The second-order valence-electron chi connectivity index (χ2n) is 3.50. The monoisotopic (exact) mass is 270 g/mol. The van der Waals surface area contributed by atoms with Gasteiger partial charge in [-0.3, -0.25) is 5.43 Å². The fourth-order valence-corrected chi connectivity index (χ4v) is 3.30. The minimum atomic E-state index is 0.200. The van der Waals surface area contributed by atoms with Gasteiger partial charge in [-0.1, -0.05) is 0 Å². The van der Waals surface area contributed by atoms with E-state index < -0.39 is 0 Å². The Bertz CT molecular complexity index is 514. The van der Waals surface area contributed by atoms with Crippen molar-refractivity contribution in [3.8, 4) is 0 Å². The number of thiophene rings is 1. The Morgan fingerprint density at radius 3 is 3.06 bits per heavy atom. The molecule has 17 heavy (non-hydrogen) atoms. The first kappa shape index (κ1) is 12.6. The number of hydrazine groups is 1. The average Bonchev–Trinajstić information content (AvgIpc) is 2.69. The number of aromatic nitrogens is 2. The third kappa shape index (κ3) is 2.86. The number of aliphatic hydroxyl groups is 1. The zero-order chi connectivity index (χ0) is 12.3. The van der Waals surface area contributed by atoms with Crippen LogP contribution in [0.2, 0.25) is 0 Å². The van der Waals surface area contributed by atoms with Crippen LogP contribution in [0.5, 0.6) is 0 Å². The molecular formula is C10H14N4OS2. The van der Waals surface area contributed by atoms with Gasteiger partial charge in [0.05, 0.1) is 0 Å². The largest absolute Gasteiger partial charge is 0.396 e. The van der Waals surface area contributed by atoms with Gasteiger partial charge in [0, 0.05) is 22.6 Å². The smallest absolute Gasteiger partial charge is 0.239 e. The summed E-state index contributed by atoms with van der Waals surface area (Å²) in [6.07, 6.45) is 0.755. The van der Waals surface area contributed by atoms with E-state index in [1.807, 2.05) is 6.92 Å². The molecule has 0 atom stereocenters. The van der Waals surface area contributed by atoms with Crippen LogP contribution in [-0.2, 0) is 0 Å². The number of aryl methyl sites for hydroxylation is 1. The normalized spacial score (nSPS) is 11.0. The Labute approximate surface area is 107 Å². The number of rotatable bonds is 5. The molecule has 0 saturated carbocycles. The molecule has 2 heterocycles. The van der Waals surface area contributed by atoms with Gasteiger partial charge in [0.15, 0.2) is 0 Å². The molecule has 0 fully saturated rings. The Morgan fingerprint density at radius 1 is 1.53 bits per heavy atom. The highest BCUT2D eigenvalue weighted by Gasteiger charge is 2.10. The predicted molar refractivity (Wildman–Crippen MR) is 72.4 cm³/mol. The molecule has 7 heteroatoms. The number of hydrogen-bond donors (Lipinski definition) is 3. The van der Waals surface area contributed by atoms with Crippen LogP contribution in [-0.4, -0.2) is 27.4 Å². The first-order chi connectivity index (χ1) is 8.24. The van der Waals surface area contributed by atoms with E-state index in [9.17, 15) is 0 Å². The number of fused-ring (bicyclic) bond motifs is 1. The fraction of sp³-hybridized carbons (Fsp3) is 0.400. The highest BCUT2D eigenvalue weighted by Crippen LogP contribution is 2.32. The molecule has 2 aromatic heterocycles. The second kappa shape index (κ2) is 5.63. The van der Waals surface area contributed by atoms with Crippen molar-refractivity contribution in [2.45, 2.75) is 18.4 Å². The molecule has 0 radical (unpaired) electrons. The lowest BCUT2D eigenvalue weighted by Gasteiger charge is -2.04. The average molecular weight is 270 g/mol. The number of nitrogens with zero attached hydrogens (tertiary/aromatic N) is 2. The molecule has 2 rings (SSSR count). The first-order valence-corrected chi connectivity index (χ1v) is 7.03. The quantitative estimate of drug-likeness (QED) is 0.252. The molecule has 0 saturated heterocycles. The summed E-state index contributed by atoms with van der Waals surface area (Å²) in [5.41, 5.74) is 2.48. The molecule has 0 spiro atoms. The molecule has 0 aliphatic carbocycles. The minimum Gasteiger partial charge on any atom is -0.396 e. The van der Waals surface area contributed by atoms with Gasteiger partial charge in [0.2, 0.25) is 5.95 Å². The summed E-state index contributed by atoms with van der Waals surface area (Å²) < 4.78 is 0. The molecule has 0 amide bonds. The van der Waals surface area contributed by atoms with Crippen LogP contribution in [0.4, 0.5) is 5.95 Å². The summed E-state index contributed by atoms with van der Waals surface area (Å²) >= 11 is 3.24. The topological polar surface area (TPSA) is 84.1 Å². The van der Waals surface area contributed by atoms with Crippen molar-refractivity contribution >= 4 is 39.3 Å². The van der Waals surface area contributed by atoms with E-state index in [2.05, 4.69) is 21.5 Å². The van der Waals surface area contributed by atoms with Crippen LogP contribution < -0.4 is 11.3 Å². The number of nitrogen functional groups attached to an aromatic ring is 1. The highest BCUT2D eigenvalue weighted by atomic mass is 32.2. The van der Waals surface area contributed by atoms with Gasteiger partial charge in [0.1, 0.15) is 9.86 Å². The van der Waals surface area contributed by atoms with Crippen molar-refractivity contribution in [2.75, 3.05) is 17.8 Å². The van der Waals surface area contributed by atoms with Crippen LogP contribution in [0.15, 0.2) is 11.1 Å². The third-order valence-corrected chi connectivity index (χ3v) is 4.17. The maximum atomic E-state index is 8.79. The SMILES string of the molecule is Cc1cc2c(SCCCO)nc(NN)nc2s1. The Kier molecular flexibility index (Phi) is 4.16. The number of hydrogen-bond acceptors (Lipinski definition) is 7. The van der Waals surface area contributed by atoms with Crippen LogP contribution in [0.1, 0.15) is 11.3 Å². The van der Waals surface area contributed by atoms with Crippen molar-refractivity contribution in [3.63, 3.8) is 0 Å². The van der Waals surface area contributed by atoms with E-state index in [4.69, 9.17) is 10.9 Å². The van der Waals surface area contributed by atoms with E-state index in [0.717, 1.165) is 27.4 Å². The van der Waals surface area contributed by atoms with Gasteiger partial charge in [-0.25, -0.2) is 15.8 Å². The second-order valence-corrected chi connectivity index (χ2v) is 5.82. The lowest BCUT2D eigenvalue weighted by Crippen LogP contribution is -2.10. The molecule has 5 nitrogen and oxygen atoms in total. The van der Waals surface area contributed by atoms with Crippen molar-refractivity contribution in [1.82, 2.24) is 9.97 Å². The fourth-order valence-electron chi connectivity index (χ4n) is 1.42. The molecule has 2 aromatic rings. The molecule has 4 N–H and O–H groups in total. The Morgan fingerprint density at radius 2 is 2.35 bits per heavy atom. The Hall–Kier alpha value is -0.890. The summed E-state index contributed by atoms with van der Waals surface area (Å²) in [4.78, 5) is 10.8. The van der Waals surface area contributed by atoms with Crippen molar-refractivity contribution in [2.24, 2.45) is 5.84 Å². The van der Waals surface area contributed by atoms with E-state index in [1.165, 1.54) is 4.88 Å². The summed E-state index contributed by atoms with van der Waals surface area (Å²) in [7, 11) is 0. The van der Waals surface area contributed by atoms with Crippen LogP contribution in [0.25, 0.3) is 10.2 Å². The molecule has 0 aliphatic heterocycles. The first-order valence-electron chi connectivity index (χ1n) is 5.23. The molecule has 0 aromatic carbocycles. The van der Waals surface area contributed by atoms with Crippen LogP contribution in [0, 0.1) is 6.92 Å². The molecule has 0 unspecified atom stereocenters. The lowest BCUT2D eigenvalue weighted by molar-refractivity contribution is 0.296. The molecule has 0 aliphatic rings. The number of thioether (sulfide) groups is 1. The van der Waals surface area contributed by atoms with Gasteiger partial charge >= 0.3 is 0 Å². The van der Waals surface area contributed by atoms with Crippen LogP contribution in [0.3, 0.4) is 0 Å². The molecule has 0 bridgehead atoms. The van der Waals surface area contributed by atoms with Gasteiger partial charge in [-0.05, 0) is 19.4 Å². The van der Waals surface area contributed by atoms with E-state index in [0.29, 0.717) is 5.95 Å². The van der Waals surface area contributed by atoms with Crippen molar-refractivity contribution < 1.29 is 5.11 Å². The van der Waals surface area contributed by atoms with E-state index >= 15 is 0 Å². The van der Waals surface area contributed by atoms with Gasteiger partial charge in [0.25, 0.3) is 0 Å². The Balaban J connectivity index is 2.36. The van der Waals surface area contributed by atoms with Gasteiger partial charge in [-0.15, -0.1) is 23.1 Å². The molecule has 92 valence electrons. The maximum absolute atomic E-state index is 8.79. The lowest BCUT2D eigenvalue weighted by atomic mass is 10.4. The summed E-state index contributed by atoms with van der Waals surface area (Å²) in [5.74, 6) is 6.62. The summed E-state index contributed by atoms with van der Waals surface area (Å²) in [6.45, 7) is 2.25. The highest BCUT2D eigenvalue weighted by molar-refractivity contribution is 7.99. The number of nitrogens with two attached hydrogens (primary N) is 1. The molecular weight excluding hydrogens is 256 g/mol. The van der Waals surface area contributed by atoms with Crippen LogP contribution >= 0.6 is 23.1 Å². The minimum absolute atomic E-state index is 0.200. The number of nitrogens with one attached hydrogen (secondary N) is 1. The number of anilines is 1. The summed E-state index contributed by atoms with van der Waals surface area (Å²) in [6, 6.07) is 2.08. The number of aliphatic hydroxyl groups excluding tert-OH is 1. The third-order valence-electron chi connectivity index (χ3n) is 2.15. The van der Waals surface area contributed by atoms with Crippen molar-refractivity contribution in [1.29, 1.82) is 0 Å². The van der Waals surface area contributed by atoms with E-state index in [1.54, 1.807) is 23.1 Å². The zero-order valence-corrected chi connectivity index (χ0v) is 11.1. The van der Waals surface area contributed by atoms with E-state index in [-0.39, 0.29) is 6.61 Å². The predicted octanol–water partition coefficient (Wildman–Crippen LogP) is 1.76. The van der Waals surface area contributed by atoms with Gasteiger partial charge in [-0.2, -0.15) is 0 Å².